The molecular weight excluding hydrogens is 517 g/mol. The molecular formula is C26H25FIN2P. The Kier molecular flexibility index (Phi) is 7.62. The van der Waals surface area contributed by atoms with E-state index in [-0.39, 0.29) is 0 Å². The molecule has 0 N–H and O–H groups in total. The Labute approximate surface area is 198 Å². The molecule has 0 aliphatic carbocycles. The zero-order chi connectivity index (χ0) is 21.6. The van der Waals surface area contributed by atoms with E-state index >= 15 is 0 Å². The lowest BCUT2D eigenvalue weighted by Crippen LogP contribution is -1.95. The number of benzene rings is 2. The number of pyridine rings is 2. The Morgan fingerprint density at radius 2 is 1.58 bits per heavy atom. The predicted molar refractivity (Wildman–Crippen MR) is 140 cm³/mol. The standard InChI is InChI=1S/C26H25FIN2P/c1-2-4-22-15-24(30-25-16-26(27)29-17-23(22)25)21-12-10-20(11-13-21)19-8-6-18(7-9-19)5-3-14-31-28/h6-13,15-17,31H,2-5,14H2,1H3. The normalized spacial score (nSPS) is 11.6. The molecule has 5 heteroatoms. The first kappa shape index (κ1) is 22.3. The highest BCUT2D eigenvalue weighted by Crippen LogP contribution is 2.28. The fourth-order valence-corrected chi connectivity index (χ4v) is 5.30. The molecule has 0 bridgehead atoms. The summed E-state index contributed by atoms with van der Waals surface area (Å²) in [6, 6.07) is 20.9. The Bertz CT molecular complexity index is 1160. The van der Waals surface area contributed by atoms with Gasteiger partial charge < -0.3 is 0 Å². The number of nitrogens with zero attached hydrogens (tertiary/aromatic N) is 2. The van der Waals surface area contributed by atoms with Crippen molar-refractivity contribution in [3.8, 4) is 22.4 Å². The topological polar surface area (TPSA) is 25.8 Å². The summed E-state index contributed by atoms with van der Waals surface area (Å²) in [5.41, 5.74) is 7.55. The molecule has 0 spiro atoms. The number of hydrogen-bond acceptors (Lipinski definition) is 2. The molecule has 0 saturated carbocycles. The van der Waals surface area contributed by atoms with Crippen LogP contribution < -0.4 is 0 Å². The van der Waals surface area contributed by atoms with Gasteiger partial charge in [-0.05, 0) is 53.7 Å². The van der Waals surface area contributed by atoms with Gasteiger partial charge in [-0.1, -0.05) is 90.1 Å². The van der Waals surface area contributed by atoms with Crippen molar-refractivity contribution in [2.24, 2.45) is 0 Å². The number of fused-ring (bicyclic) bond motifs is 1. The molecule has 0 saturated heterocycles. The van der Waals surface area contributed by atoms with E-state index in [9.17, 15) is 4.39 Å². The minimum Gasteiger partial charge on any atom is -0.248 e. The van der Waals surface area contributed by atoms with Gasteiger partial charge in [-0.2, -0.15) is 4.39 Å². The molecule has 0 amide bonds. The summed E-state index contributed by atoms with van der Waals surface area (Å²) in [6.07, 6.45) is 8.25. The predicted octanol–water partition coefficient (Wildman–Crippen LogP) is 8.02. The average molecular weight is 542 g/mol. The number of rotatable bonds is 8. The second kappa shape index (κ2) is 10.6. The second-order valence-corrected chi connectivity index (χ2v) is 10.8. The first-order valence-corrected chi connectivity index (χ1v) is 15.0. The molecule has 4 aromatic rings. The van der Waals surface area contributed by atoms with Crippen molar-refractivity contribution in [2.75, 3.05) is 6.16 Å². The van der Waals surface area contributed by atoms with Gasteiger partial charge >= 0.3 is 0 Å². The van der Waals surface area contributed by atoms with Crippen molar-refractivity contribution in [1.82, 2.24) is 9.97 Å². The van der Waals surface area contributed by atoms with Gasteiger partial charge in [0.25, 0.3) is 0 Å². The number of aromatic nitrogens is 2. The van der Waals surface area contributed by atoms with Crippen molar-refractivity contribution in [2.45, 2.75) is 32.6 Å². The first-order chi connectivity index (χ1) is 15.2. The van der Waals surface area contributed by atoms with Crippen LogP contribution in [0, 0.1) is 5.95 Å². The highest BCUT2D eigenvalue weighted by atomic mass is 127. The lowest BCUT2D eigenvalue weighted by Gasteiger charge is -2.10. The van der Waals surface area contributed by atoms with Gasteiger partial charge in [0.15, 0.2) is 0 Å². The Hall–Kier alpha value is -1.91. The minimum atomic E-state index is -0.492. The molecule has 31 heavy (non-hydrogen) atoms. The van der Waals surface area contributed by atoms with Crippen LogP contribution in [0.5, 0.6) is 0 Å². The van der Waals surface area contributed by atoms with Crippen molar-refractivity contribution in [1.29, 1.82) is 0 Å². The van der Waals surface area contributed by atoms with Gasteiger partial charge in [0, 0.05) is 23.2 Å². The highest BCUT2D eigenvalue weighted by molar-refractivity contribution is 14.2. The monoisotopic (exact) mass is 542 g/mol. The summed E-state index contributed by atoms with van der Waals surface area (Å²) in [4.78, 5) is 8.54. The summed E-state index contributed by atoms with van der Waals surface area (Å²) < 4.78 is 13.7. The molecule has 158 valence electrons. The summed E-state index contributed by atoms with van der Waals surface area (Å²) in [7, 11) is 0. The molecule has 2 aromatic heterocycles. The Morgan fingerprint density at radius 1 is 0.903 bits per heavy atom. The van der Waals surface area contributed by atoms with Gasteiger partial charge in [0.05, 0.1) is 11.2 Å². The van der Waals surface area contributed by atoms with Gasteiger partial charge in [-0.15, -0.1) is 0 Å². The molecule has 0 fully saturated rings. The van der Waals surface area contributed by atoms with E-state index in [1.54, 1.807) is 6.20 Å². The van der Waals surface area contributed by atoms with Crippen LogP contribution in [0.2, 0.25) is 0 Å². The molecule has 0 radical (unpaired) electrons. The lowest BCUT2D eigenvalue weighted by atomic mass is 9.99. The van der Waals surface area contributed by atoms with Gasteiger partial charge in [-0.25, -0.2) is 9.97 Å². The van der Waals surface area contributed by atoms with Gasteiger partial charge in [0.2, 0.25) is 5.95 Å². The van der Waals surface area contributed by atoms with E-state index in [0.717, 1.165) is 47.7 Å². The summed E-state index contributed by atoms with van der Waals surface area (Å²) in [5.74, 6) is -0.492. The van der Waals surface area contributed by atoms with E-state index in [4.69, 9.17) is 4.98 Å². The van der Waals surface area contributed by atoms with Crippen LogP contribution in [-0.4, -0.2) is 16.1 Å². The highest BCUT2D eigenvalue weighted by Gasteiger charge is 2.09. The van der Waals surface area contributed by atoms with Crippen molar-refractivity contribution in [3.05, 3.63) is 83.9 Å². The average Bonchev–Trinajstić information content (AvgIpc) is 2.80. The van der Waals surface area contributed by atoms with Crippen molar-refractivity contribution in [3.63, 3.8) is 0 Å². The van der Waals surface area contributed by atoms with Crippen LogP contribution in [0.4, 0.5) is 4.39 Å². The SMILES string of the molecule is CCCc1cc(-c2ccc(-c3ccc(CCCPI)cc3)cc2)nc2cc(F)ncc12. The van der Waals surface area contributed by atoms with Crippen LogP contribution >= 0.6 is 28.3 Å². The largest absolute Gasteiger partial charge is 0.248 e. The smallest absolute Gasteiger partial charge is 0.214 e. The zero-order valence-electron chi connectivity index (χ0n) is 17.5. The fraction of sp³-hybridized carbons (Fsp3) is 0.231. The molecule has 2 heterocycles. The quantitative estimate of drug-likeness (QED) is 0.0976. The molecule has 2 nitrogen and oxygen atoms in total. The van der Waals surface area contributed by atoms with Crippen LogP contribution in [0.15, 0.2) is 66.9 Å². The van der Waals surface area contributed by atoms with E-state index in [0.29, 0.717) is 5.52 Å². The molecule has 1 atom stereocenters. The van der Waals surface area contributed by atoms with E-state index in [1.165, 1.54) is 35.3 Å². The summed E-state index contributed by atoms with van der Waals surface area (Å²) in [6.45, 7) is 2.15. The molecule has 0 aliphatic rings. The second-order valence-electron chi connectivity index (χ2n) is 7.70. The van der Waals surface area contributed by atoms with Crippen molar-refractivity contribution >= 4 is 39.2 Å². The summed E-state index contributed by atoms with van der Waals surface area (Å²) >= 11 is 2.46. The third-order valence-electron chi connectivity index (χ3n) is 5.47. The lowest BCUT2D eigenvalue weighted by molar-refractivity contribution is 0.586. The third-order valence-corrected chi connectivity index (χ3v) is 7.63. The number of aryl methyl sites for hydroxylation is 2. The maximum atomic E-state index is 13.7. The number of hydrogen-bond donors (Lipinski definition) is 0. The van der Waals surface area contributed by atoms with Crippen molar-refractivity contribution < 1.29 is 4.39 Å². The van der Waals surface area contributed by atoms with Crippen LogP contribution in [0.3, 0.4) is 0 Å². The first-order valence-electron chi connectivity index (χ1n) is 10.7. The molecule has 4 rings (SSSR count). The molecule has 2 aromatic carbocycles. The minimum absolute atomic E-state index is 0.492. The maximum absolute atomic E-state index is 13.7. The maximum Gasteiger partial charge on any atom is 0.214 e. The van der Waals surface area contributed by atoms with Crippen LogP contribution in [0.1, 0.15) is 30.9 Å². The number of halogens is 2. The fourth-order valence-electron chi connectivity index (χ4n) is 3.85. The van der Waals surface area contributed by atoms with Gasteiger partial charge in [0.1, 0.15) is 0 Å². The van der Waals surface area contributed by atoms with E-state index in [1.807, 2.05) is 0 Å². The van der Waals surface area contributed by atoms with E-state index < -0.39 is 5.95 Å². The Balaban J connectivity index is 1.60. The van der Waals surface area contributed by atoms with Gasteiger partial charge in [-0.3, -0.25) is 0 Å². The zero-order valence-corrected chi connectivity index (χ0v) is 20.7. The molecule has 0 aliphatic heterocycles. The summed E-state index contributed by atoms with van der Waals surface area (Å²) in [5, 5.41) is 0.933. The molecule has 1 unspecified atom stereocenters. The Morgan fingerprint density at radius 3 is 2.26 bits per heavy atom. The van der Waals surface area contributed by atoms with E-state index in [2.05, 4.69) is 88.5 Å². The van der Waals surface area contributed by atoms with Crippen LogP contribution in [0.25, 0.3) is 33.3 Å². The van der Waals surface area contributed by atoms with Crippen LogP contribution in [-0.2, 0) is 12.8 Å². The third kappa shape index (κ3) is 5.48.